The molecule has 0 aliphatic rings. The van der Waals surface area contributed by atoms with Crippen LogP contribution in [0.5, 0.6) is 5.75 Å². The summed E-state index contributed by atoms with van der Waals surface area (Å²) in [7, 11) is 0. The molecule has 17 heavy (non-hydrogen) atoms. The van der Waals surface area contributed by atoms with Crippen molar-refractivity contribution in [1.82, 2.24) is 5.32 Å². The maximum absolute atomic E-state index is 13.7. The predicted octanol–water partition coefficient (Wildman–Crippen LogP) is 3.50. The molecule has 0 heterocycles. The third-order valence-corrected chi connectivity index (χ3v) is 2.17. The van der Waals surface area contributed by atoms with Gasteiger partial charge in [-0.3, -0.25) is 0 Å². The molecule has 0 radical (unpaired) electrons. The van der Waals surface area contributed by atoms with E-state index in [1.54, 1.807) is 6.07 Å². The molecule has 1 rings (SSSR count). The maximum Gasteiger partial charge on any atom is 0.165 e. The maximum atomic E-state index is 13.7. The van der Waals surface area contributed by atoms with E-state index in [1.165, 1.54) is 6.07 Å². The normalized spacial score (nSPS) is 11.6. The summed E-state index contributed by atoms with van der Waals surface area (Å²) in [6.45, 7) is 9.46. The fourth-order valence-electron chi connectivity index (χ4n) is 1.48. The van der Waals surface area contributed by atoms with Gasteiger partial charge in [0.1, 0.15) is 5.60 Å². The Kier molecular flexibility index (Phi) is 4.94. The highest BCUT2D eigenvalue weighted by Gasteiger charge is 2.14. The van der Waals surface area contributed by atoms with Gasteiger partial charge in [0, 0.05) is 6.54 Å². The molecule has 0 aromatic heterocycles. The molecule has 0 spiro atoms. The van der Waals surface area contributed by atoms with E-state index >= 15 is 0 Å². The van der Waals surface area contributed by atoms with E-state index in [4.69, 9.17) is 4.74 Å². The first kappa shape index (κ1) is 14.0. The van der Waals surface area contributed by atoms with Crippen LogP contribution in [0.4, 0.5) is 4.39 Å². The van der Waals surface area contributed by atoms with E-state index in [0.29, 0.717) is 12.3 Å². The summed E-state index contributed by atoms with van der Waals surface area (Å²) < 4.78 is 19.3. The second-order valence-corrected chi connectivity index (χ2v) is 5.16. The van der Waals surface area contributed by atoms with Crippen LogP contribution in [0.1, 0.15) is 39.7 Å². The number of benzene rings is 1. The molecular formula is C14H22FNO. The molecule has 0 saturated carbocycles. The molecule has 0 bridgehead atoms. The Morgan fingerprint density at radius 1 is 1.29 bits per heavy atom. The molecule has 3 heteroatoms. The van der Waals surface area contributed by atoms with E-state index < -0.39 is 0 Å². The topological polar surface area (TPSA) is 21.3 Å². The smallest absolute Gasteiger partial charge is 0.165 e. The van der Waals surface area contributed by atoms with E-state index in [1.807, 2.05) is 26.8 Å². The zero-order valence-electron chi connectivity index (χ0n) is 11.1. The molecule has 0 fully saturated rings. The van der Waals surface area contributed by atoms with Crippen LogP contribution < -0.4 is 10.1 Å². The lowest BCUT2D eigenvalue weighted by Crippen LogP contribution is -2.23. The zero-order valence-corrected chi connectivity index (χ0v) is 11.1. The Bertz CT molecular complexity index is 358. The first-order valence-electron chi connectivity index (χ1n) is 6.10. The van der Waals surface area contributed by atoms with Gasteiger partial charge in [-0.1, -0.05) is 13.0 Å². The summed E-state index contributed by atoms with van der Waals surface area (Å²) in [5.74, 6) is 0.0208. The first-order chi connectivity index (χ1) is 7.92. The Labute approximate surface area is 103 Å². The van der Waals surface area contributed by atoms with Gasteiger partial charge in [0.25, 0.3) is 0 Å². The van der Waals surface area contributed by atoms with Crippen LogP contribution in [0.3, 0.4) is 0 Å². The standard InChI is InChI=1S/C14H22FNO/c1-5-8-16-10-11-6-7-13(12(15)9-11)17-14(2,3)4/h6-7,9,16H,5,8,10H2,1-4H3. The average Bonchev–Trinajstić information content (AvgIpc) is 2.21. The fraction of sp³-hybridized carbons (Fsp3) is 0.571. The van der Waals surface area contributed by atoms with Crippen LogP contribution in [0.25, 0.3) is 0 Å². The van der Waals surface area contributed by atoms with Crippen LogP contribution in [-0.4, -0.2) is 12.1 Å². The third-order valence-electron chi connectivity index (χ3n) is 2.17. The van der Waals surface area contributed by atoms with Crippen LogP contribution in [0.2, 0.25) is 0 Å². The van der Waals surface area contributed by atoms with E-state index in [9.17, 15) is 4.39 Å². The second kappa shape index (κ2) is 6.01. The molecule has 0 atom stereocenters. The number of halogens is 1. The third kappa shape index (κ3) is 5.18. The molecule has 0 aliphatic heterocycles. The van der Waals surface area contributed by atoms with E-state index in [-0.39, 0.29) is 11.4 Å². The Morgan fingerprint density at radius 3 is 2.53 bits per heavy atom. The SMILES string of the molecule is CCCNCc1ccc(OC(C)(C)C)c(F)c1. The Balaban J connectivity index is 2.66. The molecule has 0 saturated heterocycles. The van der Waals surface area contributed by atoms with Crippen molar-refractivity contribution in [3.63, 3.8) is 0 Å². The van der Waals surface area contributed by atoms with Crippen molar-refractivity contribution in [3.05, 3.63) is 29.6 Å². The minimum Gasteiger partial charge on any atom is -0.485 e. The van der Waals surface area contributed by atoms with Gasteiger partial charge in [-0.25, -0.2) is 4.39 Å². The largest absolute Gasteiger partial charge is 0.485 e. The van der Waals surface area contributed by atoms with Crippen molar-refractivity contribution >= 4 is 0 Å². The number of hydrogen-bond acceptors (Lipinski definition) is 2. The summed E-state index contributed by atoms with van der Waals surface area (Å²) in [5, 5.41) is 3.24. The van der Waals surface area contributed by atoms with E-state index in [2.05, 4.69) is 12.2 Å². The van der Waals surface area contributed by atoms with Gasteiger partial charge in [-0.05, 0) is 51.4 Å². The molecule has 0 amide bonds. The van der Waals surface area contributed by atoms with Crippen molar-refractivity contribution in [2.75, 3.05) is 6.54 Å². The molecule has 0 aliphatic carbocycles. The van der Waals surface area contributed by atoms with Crippen molar-refractivity contribution in [3.8, 4) is 5.75 Å². The zero-order chi connectivity index (χ0) is 12.9. The first-order valence-corrected chi connectivity index (χ1v) is 6.10. The lowest BCUT2D eigenvalue weighted by molar-refractivity contribution is 0.124. The Morgan fingerprint density at radius 2 is 2.00 bits per heavy atom. The second-order valence-electron chi connectivity index (χ2n) is 5.16. The number of ether oxygens (including phenoxy) is 1. The van der Waals surface area contributed by atoms with Crippen molar-refractivity contribution in [1.29, 1.82) is 0 Å². The van der Waals surface area contributed by atoms with Gasteiger partial charge in [0.15, 0.2) is 11.6 Å². The van der Waals surface area contributed by atoms with Gasteiger partial charge in [-0.2, -0.15) is 0 Å². The quantitative estimate of drug-likeness (QED) is 0.794. The van der Waals surface area contributed by atoms with Crippen LogP contribution in [0.15, 0.2) is 18.2 Å². The van der Waals surface area contributed by atoms with Gasteiger partial charge in [-0.15, -0.1) is 0 Å². The van der Waals surface area contributed by atoms with Crippen LogP contribution in [0, 0.1) is 5.82 Å². The highest BCUT2D eigenvalue weighted by molar-refractivity contribution is 5.29. The fourth-order valence-corrected chi connectivity index (χ4v) is 1.48. The number of nitrogens with one attached hydrogen (secondary N) is 1. The summed E-state index contributed by atoms with van der Waals surface area (Å²) >= 11 is 0. The van der Waals surface area contributed by atoms with E-state index in [0.717, 1.165) is 18.5 Å². The van der Waals surface area contributed by atoms with Crippen molar-refractivity contribution in [2.24, 2.45) is 0 Å². The average molecular weight is 239 g/mol. The van der Waals surface area contributed by atoms with Gasteiger partial charge >= 0.3 is 0 Å². The summed E-state index contributed by atoms with van der Waals surface area (Å²) in [5.41, 5.74) is 0.570. The van der Waals surface area contributed by atoms with Crippen molar-refractivity contribution in [2.45, 2.75) is 46.3 Å². The minimum absolute atomic E-state index is 0.296. The number of hydrogen-bond donors (Lipinski definition) is 1. The van der Waals surface area contributed by atoms with Crippen LogP contribution >= 0.6 is 0 Å². The predicted molar refractivity (Wildman–Crippen MR) is 68.8 cm³/mol. The lowest BCUT2D eigenvalue weighted by Gasteiger charge is -2.21. The lowest BCUT2D eigenvalue weighted by atomic mass is 10.1. The summed E-state index contributed by atoms with van der Waals surface area (Å²) in [6.07, 6.45) is 1.08. The highest BCUT2D eigenvalue weighted by Crippen LogP contribution is 2.22. The van der Waals surface area contributed by atoms with Gasteiger partial charge < -0.3 is 10.1 Å². The molecule has 96 valence electrons. The van der Waals surface area contributed by atoms with Gasteiger partial charge in [0.2, 0.25) is 0 Å². The molecular weight excluding hydrogens is 217 g/mol. The van der Waals surface area contributed by atoms with Gasteiger partial charge in [0.05, 0.1) is 0 Å². The van der Waals surface area contributed by atoms with Crippen LogP contribution in [-0.2, 0) is 6.54 Å². The summed E-state index contributed by atoms with van der Waals surface area (Å²) in [4.78, 5) is 0. The molecule has 1 aromatic rings. The highest BCUT2D eigenvalue weighted by atomic mass is 19.1. The molecule has 0 unspecified atom stereocenters. The Hall–Kier alpha value is -1.09. The molecule has 1 N–H and O–H groups in total. The molecule has 1 aromatic carbocycles. The summed E-state index contributed by atoms with van der Waals surface area (Å²) in [6, 6.07) is 5.13. The number of rotatable bonds is 5. The molecule has 2 nitrogen and oxygen atoms in total. The van der Waals surface area contributed by atoms with Crippen molar-refractivity contribution < 1.29 is 9.13 Å². The monoisotopic (exact) mass is 239 g/mol. The minimum atomic E-state index is -0.372.